The molecule has 3 atom stereocenters. The van der Waals surface area contributed by atoms with Crippen molar-refractivity contribution in [3.63, 3.8) is 0 Å². The van der Waals surface area contributed by atoms with Crippen molar-refractivity contribution in [2.75, 3.05) is 6.54 Å². The van der Waals surface area contributed by atoms with Gasteiger partial charge >= 0.3 is 5.97 Å². The number of nitrogens with one attached hydrogen (secondary N) is 1. The summed E-state index contributed by atoms with van der Waals surface area (Å²) in [5, 5.41) is 24.6. The molecule has 0 saturated carbocycles. The van der Waals surface area contributed by atoms with Gasteiger partial charge in [0.05, 0.1) is 30.1 Å². The van der Waals surface area contributed by atoms with E-state index in [0.29, 0.717) is 18.9 Å². The summed E-state index contributed by atoms with van der Waals surface area (Å²) in [6.45, 7) is 2.75. The van der Waals surface area contributed by atoms with Gasteiger partial charge in [0.1, 0.15) is 12.1 Å². The van der Waals surface area contributed by atoms with Gasteiger partial charge in [-0.2, -0.15) is 5.21 Å². The predicted molar refractivity (Wildman–Crippen MR) is 169 cm³/mol. The summed E-state index contributed by atoms with van der Waals surface area (Å²) < 4.78 is 8.02. The molecule has 3 heterocycles. The number of aromatic nitrogens is 6. The van der Waals surface area contributed by atoms with Gasteiger partial charge in [0.15, 0.2) is 0 Å². The largest absolute Gasteiger partial charge is 0.480 e. The Morgan fingerprint density at radius 1 is 1.02 bits per heavy atom. The van der Waals surface area contributed by atoms with Crippen LogP contribution in [0.25, 0.3) is 33.5 Å². The van der Waals surface area contributed by atoms with E-state index in [1.165, 1.54) is 4.90 Å². The Morgan fingerprint density at radius 2 is 1.82 bits per heavy atom. The molecule has 1 aliphatic heterocycles. The molecule has 1 unspecified atom stereocenters. The Hall–Kier alpha value is -4.90. The number of carbonyl (C=O) groups is 2. The van der Waals surface area contributed by atoms with Gasteiger partial charge in [-0.05, 0) is 40.5 Å². The summed E-state index contributed by atoms with van der Waals surface area (Å²) in [6, 6.07) is 22.0. The second kappa shape index (κ2) is 13.8. The first-order chi connectivity index (χ1) is 22.0. The van der Waals surface area contributed by atoms with E-state index in [2.05, 4.69) is 27.5 Å². The summed E-state index contributed by atoms with van der Waals surface area (Å²) in [4.78, 5) is 32.9. The maximum atomic E-state index is 14.3. The third kappa shape index (κ3) is 6.63. The molecule has 0 bridgehead atoms. The van der Waals surface area contributed by atoms with Crippen LogP contribution in [0.15, 0.2) is 79.1 Å². The monoisotopic (exact) mass is 607 g/mol. The van der Waals surface area contributed by atoms with Gasteiger partial charge in [-0.1, -0.05) is 93.3 Å². The average Bonchev–Trinajstić information content (AvgIpc) is 3.84. The summed E-state index contributed by atoms with van der Waals surface area (Å²) in [7, 11) is 0. The van der Waals surface area contributed by atoms with E-state index in [4.69, 9.17) is 9.72 Å². The number of likely N-dealkylation sites (tertiary alicyclic amines) is 1. The van der Waals surface area contributed by atoms with Crippen LogP contribution in [0.4, 0.5) is 0 Å². The molecule has 11 heteroatoms. The van der Waals surface area contributed by atoms with E-state index in [0.717, 1.165) is 59.0 Å². The van der Waals surface area contributed by atoms with Crippen LogP contribution >= 0.6 is 0 Å². The zero-order valence-electron chi connectivity index (χ0n) is 25.2. The van der Waals surface area contributed by atoms with Gasteiger partial charge in [-0.25, -0.2) is 9.78 Å². The van der Waals surface area contributed by atoms with Crippen LogP contribution in [0.5, 0.6) is 0 Å². The highest BCUT2D eigenvalue weighted by Gasteiger charge is 2.42. The Bertz CT molecular complexity index is 1740. The minimum absolute atomic E-state index is 0.212. The maximum absolute atomic E-state index is 14.3. The van der Waals surface area contributed by atoms with Crippen LogP contribution in [0.3, 0.4) is 0 Å². The number of carboxylic acid groups (broad SMARTS) is 1. The number of carbonyl (C=O) groups excluding carboxylic acids is 1. The number of rotatable bonds is 13. The van der Waals surface area contributed by atoms with Gasteiger partial charge in [0.2, 0.25) is 11.7 Å². The van der Waals surface area contributed by atoms with Crippen LogP contribution in [-0.4, -0.2) is 70.7 Å². The molecular weight excluding hydrogens is 570 g/mol. The number of hydrogen-bond acceptors (Lipinski definition) is 7. The second-order valence-corrected chi connectivity index (χ2v) is 11.5. The minimum Gasteiger partial charge on any atom is -0.480 e. The highest BCUT2D eigenvalue weighted by molar-refractivity contribution is 5.90. The van der Waals surface area contributed by atoms with Crippen molar-refractivity contribution >= 4 is 22.9 Å². The van der Waals surface area contributed by atoms with Crippen molar-refractivity contribution in [2.24, 2.45) is 0 Å². The van der Waals surface area contributed by atoms with Crippen LogP contribution in [0, 0.1) is 0 Å². The summed E-state index contributed by atoms with van der Waals surface area (Å²) >= 11 is 0. The Morgan fingerprint density at radius 3 is 2.58 bits per heavy atom. The molecule has 2 N–H and O–H groups in total. The number of nitrogens with zero attached hydrogens (tertiary/aromatic N) is 6. The zero-order chi connectivity index (χ0) is 31.2. The number of tetrazole rings is 1. The normalized spacial score (nSPS) is 17.1. The maximum Gasteiger partial charge on any atom is 0.326 e. The van der Waals surface area contributed by atoms with Crippen molar-refractivity contribution in [3.05, 3.63) is 84.7 Å². The molecule has 3 aromatic carbocycles. The number of aromatic amines is 1. The average molecular weight is 608 g/mol. The number of unbranched alkanes of at least 4 members (excludes halogenated alkanes) is 3. The van der Waals surface area contributed by atoms with E-state index in [-0.39, 0.29) is 25.0 Å². The van der Waals surface area contributed by atoms with Crippen molar-refractivity contribution in [1.82, 2.24) is 35.1 Å². The van der Waals surface area contributed by atoms with E-state index in [1.54, 1.807) is 6.33 Å². The fourth-order valence-electron chi connectivity index (χ4n) is 6.17. The molecular formula is C34H37N7O4. The molecule has 1 fully saturated rings. The Labute approximate surface area is 261 Å². The van der Waals surface area contributed by atoms with E-state index < -0.39 is 18.1 Å². The van der Waals surface area contributed by atoms with Gasteiger partial charge < -0.3 is 19.3 Å². The molecule has 1 amide bonds. The lowest BCUT2D eigenvalue weighted by Crippen LogP contribution is -2.44. The molecule has 0 aliphatic carbocycles. The number of benzene rings is 3. The first-order valence-electron chi connectivity index (χ1n) is 15.5. The highest BCUT2D eigenvalue weighted by Crippen LogP contribution is 2.34. The SMILES string of the molecule is CCCCCCC(C(=O)N1C[C@@H](OCc2ccccc2)C[C@H]1C(=O)O)n1cnc2cc(-c3ccccc3-c3nn[nH]n3)ccc21. The third-order valence-electron chi connectivity index (χ3n) is 8.51. The summed E-state index contributed by atoms with van der Waals surface area (Å²) in [5.74, 6) is -0.728. The number of amides is 1. The number of ether oxygens (including phenoxy) is 1. The number of H-pyrrole nitrogens is 1. The Kier molecular flexibility index (Phi) is 9.25. The van der Waals surface area contributed by atoms with Crippen molar-refractivity contribution < 1.29 is 19.4 Å². The minimum atomic E-state index is -1.01. The smallest absolute Gasteiger partial charge is 0.326 e. The van der Waals surface area contributed by atoms with Gasteiger partial charge in [0.25, 0.3) is 0 Å². The first kappa shape index (κ1) is 30.1. The number of carboxylic acids is 1. The summed E-state index contributed by atoms with van der Waals surface area (Å²) in [5.41, 5.74) is 5.27. The van der Waals surface area contributed by atoms with Crippen molar-refractivity contribution in [2.45, 2.75) is 70.2 Å². The molecule has 2 aromatic heterocycles. The highest BCUT2D eigenvalue weighted by atomic mass is 16.5. The number of aliphatic carboxylic acids is 1. The molecule has 1 aliphatic rings. The predicted octanol–water partition coefficient (Wildman–Crippen LogP) is 5.67. The standard InChI is InChI=1S/C34H37N7O4/c1-2-3-4-8-15-30(33(42)40-20-25(19-31(40)34(43)44)45-21-23-11-6-5-7-12-23)41-22-35-28-18-24(16-17-29(28)41)26-13-9-10-14-27(26)32-36-38-39-37-32/h5-7,9-14,16-18,22,25,30-31H,2-4,8,15,19-21H2,1H3,(H,43,44)(H,36,37,38,39)/t25-,30?,31-/m0/s1. The Balaban J connectivity index is 1.28. The molecule has 0 radical (unpaired) electrons. The van der Waals surface area contributed by atoms with Crippen molar-refractivity contribution in [3.8, 4) is 22.5 Å². The molecule has 232 valence electrons. The van der Waals surface area contributed by atoms with Crippen LogP contribution in [0.2, 0.25) is 0 Å². The lowest BCUT2D eigenvalue weighted by molar-refractivity contribution is -0.149. The van der Waals surface area contributed by atoms with Crippen LogP contribution in [0.1, 0.15) is 57.1 Å². The fraction of sp³-hybridized carbons (Fsp3) is 0.353. The topological polar surface area (TPSA) is 139 Å². The van der Waals surface area contributed by atoms with Gasteiger partial charge in [-0.3, -0.25) is 4.79 Å². The van der Waals surface area contributed by atoms with Gasteiger partial charge in [0, 0.05) is 18.5 Å². The van der Waals surface area contributed by atoms with Crippen LogP contribution < -0.4 is 0 Å². The summed E-state index contributed by atoms with van der Waals surface area (Å²) in [6.07, 6.45) is 6.18. The van der Waals surface area contributed by atoms with E-state index >= 15 is 0 Å². The van der Waals surface area contributed by atoms with Gasteiger partial charge in [-0.15, -0.1) is 10.2 Å². The number of fused-ring (bicyclic) bond motifs is 1. The third-order valence-corrected chi connectivity index (χ3v) is 8.51. The molecule has 1 saturated heterocycles. The number of imidazole rings is 1. The van der Waals surface area contributed by atoms with Crippen LogP contribution in [-0.2, 0) is 20.9 Å². The van der Waals surface area contributed by atoms with Crippen molar-refractivity contribution in [1.29, 1.82) is 0 Å². The molecule has 11 nitrogen and oxygen atoms in total. The molecule has 5 aromatic rings. The first-order valence-corrected chi connectivity index (χ1v) is 15.5. The molecule has 0 spiro atoms. The zero-order valence-corrected chi connectivity index (χ0v) is 25.2. The quantitative estimate of drug-likeness (QED) is 0.163. The lowest BCUT2D eigenvalue weighted by Gasteiger charge is -2.28. The molecule has 45 heavy (non-hydrogen) atoms. The molecule has 6 rings (SSSR count). The lowest BCUT2D eigenvalue weighted by atomic mass is 9.98. The second-order valence-electron chi connectivity index (χ2n) is 11.5. The van der Waals surface area contributed by atoms with E-state index in [9.17, 15) is 14.7 Å². The number of hydrogen-bond donors (Lipinski definition) is 2. The fourth-order valence-corrected chi connectivity index (χ4v) is 6.17. The van der Waals surface area contributed by atoms with E-state index in [1.807, 2.05) is 77.4 Å².